The molecule has 1 saturated carbocycles. The van der Waals surface area contributed by atoms with Gasteiger partial charge in [-0.1, -0.05) is 23.2 Å². The van der Waals surface area contributed by atoms with Crippen molar-refractivity contribution in [2.75, 3.05) is 6.54 Å². The molecule has 1 aromatic rings. The van der Waals surface area contributed by atoms with Crippen molar-refractivity contribution in [2.24, 2.45) is 0 Å². The zero-order valence-corrected chi connectivity index (χ0v) is 8.55. The van der Waals surface area contributed by atoms with Gasteiger partial charge < -0.3 is 0 Å². The van der Waals surface area contributed by atoms with E-state index in [1.807, 2.05) is 12.1 Å². The summed E-state index contributed by atoms with van der Waals surface area (Å²) in [6.45, 7) is 0.218. The lowest BCUT2D eigenvalue weighted by molar-refractivity contribution is -0.633. The van der Waals surface area contributed by atoms with Gasteiger partial charge in [-0.05, 0) is 24.5 Å². The number of hydrazine groups is 1. The van der Waals surface area contributed by atoms with Crippen LogP contribution in [0.15, 0.2) is 24.3 Å². The van der Waals surface area contributed by atoms with Gasteiger partial charge in [-0.3, -0.25) is 4.79 Å². The van der Waals surface area contributed by atoms with Gasteiger partial charge in [0.15, 0.2) is 5.03 Å². The van der Waals surface area contributed by atoms with E-state index in [1.165, 1.54) is 0 Å². The van der Waals surface area contributed by atoms with Crippen LogP contribution in [0.1, 0.15) is 28.8 Å². The highest BCUT2D eigenvalue weighted by Crippen LogP contribution is 2.52. The molecular formula is C11H10N2O3. The molecule has 82 valence electrons. The summed E-state index contributed by atoms with van der Waals surface area (Å²) < 4.78 is 0. The number of hydrogen-bond donors (Lipinski definition) is 0. The molecule has 0 N–H and O–H groups in total. The Morgan fingerprint density at radius 3 is 2.62 bits per heavy atom. The number of fused-ring (bicyclic) bond motifs is 2. The molecule has 0 aromatic heterocycles. The third-order valence-corrected chi connectivity index (χ3v) is 3.47. The van der Waals surface area contributed by atoms with Gasteiger partial charge in [-0.15, -0.1) is 0 Å². The number of amides is 1. The second-order valence-electron chi connectivity index (χ2n) is 4.43. The molecule has 16 heavy (non-hydrogen) atoms. The minimum Gasteiger partial charge on any atom is -0.263 e. The Labute approximate surface area is 91.8 Å². The Balaban J connectivity index is 2.15. The molecule has 0 atom stereocenters. The van der Waals surface area contributed by atoms with Crippen molar-refractivity contribution < 1.29 is 9.83 Å². The van der Waals surface area contributed by atoms with Crippen LogP contribution in [0.2, 0.25) is 0 Å². The first-order valence-corrected chi connectivity index (χ1v) is 5.20. The molecule has 0 radical (unpaired) electrons. The van der Waals surface area contributed by atoms with E-state index in [0.29, 0.717) is 5.56 Å². The van der Waals surface area contributed by atoms with Gasteiger partial charge in [-0.25, -0.2) is 10.1 Å². The summed E-state index contributed by atoms with van der Waals surface area (Å²) in [5.74, 6) is -0.488. The van der Waals surface area contributed by atoms with Crippen LogP contribution in [-0.4, -0.2) is 22.5 Å². The maximum Gasteiger partial charge on any atom is 0.314 e. The number of carbonyl (C=O) groups is 1. The number of carbonyl (C=O) groups excluding carboxylic acids is 1. The summed E-state index contributed by atoms with van der Waals surface area (Å²) in [6.07, 6.45) is 1.86. The quantitative estimate of drug-likeness (QED) is 0.528. The van der Waals surface area contributed by atoms with Crippen LogP contribution in [0.4, 0.5) is 0 Å². The van der Waals surface area contributed by atoms with Crippen LogP contribution in [0.5, 0.6) is 0 Å². The Morgan fingerprint density at radius 2 is 2.00 bits per heavy atom. The maximum absolute atomic E-state index is 11.9. The summed E-state index contributed by atoms with van der Waals surface area (Å²) in [5.41, 5.74) is 1.33. The van der Waals surface area contributed by atoms with Gasteiger partial charge in [0.05, 0.1) is 6.54 Å². The number of hydrogen-bond acceptors (Lipinski definition) is 3. The van der Waals surface area contributed by atoms with E-state index in [2.05, 4.69) is 0 Å². The lowest BCUT2D eigenvalue weighted by Gasteiger charge is -2.27. The molecule has 3 rings (SSSR count). The predicted octanol–water partition coefficient (Wildman–Crippen LogP) is 1.37. The second kappa shape index (κ2) is 2.81. The van der Waals surface area contributed by atoms with Crippen LogP contribution in [0.25, 0.3) is 0 Å². The highest BCUT2D eigenvalue weighted by molar-refractivity contribution is 5.97. The first-order valence-electron chi connectivity index (χ1n) is 5.20. The fourth-order valence-electron chi connectivity index (χ4n) is 2.42. The Kier molecular flexibility index (Phi) is 1.64. The number of benzene rings is 1. The second-order valence-corrected chi connectivity index (χ2v) is 4.43. The fourth-order valence-corrected chi connectivity index (χ4v) is 2.42. The first kappa shape index (κ1) is 9.33. The minimum atomic E-state index is -0.599. The molecule has 0 bridgehead atoms. The van der Waals surface area contributed by atoms with E-state index in [9.17, 15) is 14.9 Å². The molecule has 1 heterocycles. The van der Waals surface area contributed by atoms with Crippen molar-refractivity contribution in [1.29, 1.82) is 0 Å². The predicted molar refractivity (Wildman–Crippen MR) is 55.4 cm³/mol. The van der Waals surface area contributed by atoms with E-state index < -0.39 is 10.9 Å². The molecule has 1 fully saturated rings. The SMILES string of the molecule is O=C1c2ccccc2C2(CC2)CN1[N+](=O)[O-]. The van der Waals surface area contributed by atoms with Gasteiger partial charge in [0.1, 0.15) is 0 Å². The van der Waals surface area contributed by atoms with Crippen LogP contribution in [0.3, 0.4) is 0 Å². The fraction of sp³-hybridized carbons (Fsp3) is 0.364. The van der Waals surface area contributed by atoms with E-state index in [4.69, 9.17) is 0 Å². The molecule has 1 aromatic carbocycles. The molecule has 5 heteroatoms. The third kappa shape index (κ3) is 1.08. The van der Waals surface area contributed by atoms with E-state index in [0.717, 1.165) is 23.4 Å². The summed E-state index contributed by atoms with van der Waals surface area (Å²) in [5, 5.41) is 10.9. The van der Waals surface area contributed by atoms with E-state index in [1.54, 1.807) is 12.1 Å². The van der Waals surface area contributed by atoms with Gasteiger partial charge in [-0.2, -0.15) is 0 Å². The van der Waals surface area contributed by atoms with Crippen molar-refractivity contribution in [1.82, 2.24) is 5.01 Å². The van der Waals surface area contributed by atoms with Crippen LogP contribution in [0, 0.1) is 10.1 Å². The van der Waals surface area contributed by atoms with Crippen molar-refractivity contribution in [2.45, 2.75) is 18.3 Å². The van der Waals surface area contributed by atoms with Crippen LogP contribution in [-0.2, 0) is 5.41 Å². The number of nitro groups is 1. The van der Waals surface area contributed by atoms with Gasteiger partial charge in [0.25, 0.3) is 0 Å². The molecule has 1 spiro atoms. The Hall–Kier alpha value is -1.91. The lowest BCUT2D eigenvalue weighted by Crippen LogP contribution is -2.46. The van der Waals surface area contributed by atoms with Crippen molar-refractivity contribution >= 4 is 5.91 Å². The molecule has 1 amide bonds. The Bertz CT molecular complexity index is 494. The summed E-state index contributed by atoms with van der Waals surface area (Å²) >= 11 is 0. The normalized spacial score (nSPS) is 20.8. The summed E-state index contributed by atoms with van der Waals surface area (Å²) in [7, 11) is 0. The number of nitrogens with zero attached hydrogens (tertiary/aromatic N) is 2. The van der Waals surface area contributed by atoms with Gasteiger partial charge >= 0.3 is 5.91 Å². The monoisotopic (exact) mass is 218 g/mol. The van der Waals surface area contributed by atoms with Crippen LogP contribution >= 0.6 is 0 Å². The maximum atomic E-state index is 11.9. The average molecular weight is 218 g/mol. The molecule has 0 saturated heterocycles. The van der Waals surface area contributed by atoms with Gasteiger partial charge in [0, 0.05) is 11.0 Å². The topological polar surface area (TPSA) is 63.5 Å². The minimum absolute atomic E-state index is 0.141. The molecule has 1 aliphatic carbocycles. The first-order chi connectivity index (χ1) is 7.64. The molecule has 2 aliphatic rings. The van der Waals surface area contributed by atoms with E-state index in [-0.39, 0.29) is 12.0 Å². The van der Waals surface area contributed by atoms with Crippen molar-refractivity contribution in [3.63, 3.8) is 0 Å². The van der Waals surface area contributed by atoms with Crippen molar-refractivity contribution in [3.8, 4) is 0 Å². The zero-order valence-electron chi connectivity index (χ0n) is 8.55. The smallest absolute Gasteiger partial charge is 0.263 e. The van der Waals surface area contributed by atoms with Gasteiger partial charge in [0.2, 0.25) is 0 Å². The summed E-state index contributed by atoms with van der Waals surface area (Å²) in [4.78, 5) is 22.7. The highest BCUT2D eigenvalue weighted by Gasteiger charge is 2.54. The summed E-state index contributed by atoms with van der Waals surface area (Å²) in [6, 6.07) is 7.22. The number of rotatable bonds is 1. The highest BCUT2D eigenvalue weighted by atomic mass is 16.7. The average Bonchev–Trinajstić information content (AvgIpc) is 3.04. The largest absolute Gasteiger partial charge is 0.314 e. The molecule has 5 nitrogen and oxygen atoms in total. The zero-order chi connectivity index (χ0) is 11.3. The third-order valence-electron chi connectivity index (χ3n) is 3.47. The Morgan fingerprint density at radius 1 is 1.31 bits per heavy atom. The van der Waals surface area contributed by atoms with Crippen molar-refractivity contribution in [3.05, 3.63) is 45.5 Å². The lowest BCUT2D eigenvalue weighted by atomic mass is 9.87. The molecule has 1 aliphatic heterocycles. The van der Waals surface area contributed by atoms with E-state index >= 15 is 0 Å². The standard InChI is InChI=1S/C11H10N2O3/c14-10-8-3-1-2-4-9(8)11(5-6-11)7-12(10)13(15)16/h1-4H,5-7H2. The van der Waals surface area contributed by atoms with Crippen LogP contribution < -0.4 is 0 Å². The molecular weight excluding hydrogens is 208 g/mol. The molecule has 0 unspecified atom stereocenters.